The molecule has 6 heavy (non-hydrogen) atoms. The molecule has 0 fully saturated rings. The maximum Gasteiger partial charge on any atom is 0.108 e. The van der Waals surface area contributed by atoms with Gasteiger partial charge in [-0.05, 0) is 0 Å². The summed E-state index contributed by atoms with van der Waals surface area (Å²) in [4.78, 5) is 7.24. The Balaban J connectivity index is 3.00. The Morgan fingerprint density at radius 2 is 1.83 bits per heavy atom. The van der Waals surface area contributed by atoms with Crippen LogP contribution >= 0.6 is 0 Å². The highest BCUT2D eigenvalue weighted by atomic mass is 14.8. The van der Waals surface area contributed by atoms with Gasteiger partial charge in [-0.2, -0.15) is 0 Å². The van der Waals surface area contributed by atoms with E-state index in [1.807, 2.05) is 0 Å². The number of hydrogen-bond acceptors (Lipinski definition) is 2. The van der Waals surface area contributed by atoms with Crippen molar-refractivity contribution in [2.75, 3.05) is 0 Å². The minimum absolute atomic E-state index is 1.47. The van der Waals surface area contributed by atoms with E-state index >= 15 is 0 Å². The minimum atomic E-state index is 1.47. The summed E-state index contributed by atoms with van der Waals surface area (Å²) in [5, 5.41) is 0. The van der Waals surface area contributed by atoms with Gasteiger partial charge in [-0.25, -0.2) is 0 Å². The molecule has 0 radical (unpaired) electrons. The molecule has 0 unspecified atom stereocenters. The lowest BCUT2D eigenvalue weighted by Crippen LogP contribution is -1.67. The van der Waals surface area contributed by atoms with Gasteiger partial charge >= 0.3 is 0 Å². The van der Waals surface area contributed by atoms with Crippen molar-refractivity contribution in [1.82, 2.24) is 9.97 Å². The van der Waals surface area contributed by atoms with E-state index in [9.17, 15) is 0 Å². The molecule has 1 rings (SSSR count). The van der Waals surface area contributed by atoms with Gasteiger partial charge in [-0.15, -0.1) is 12.4 Å². The molecule has 0 spiro atoms. The lowest BCUT2D eigenvalue weighted by molar-refractivity contribution is 1.16. The van der Waals surface area contributed by atoms with Gasteiger partial charge in [0.15, 0.2) is 0 Å². The largest absolute Gasteiger partial charge is 0.434 e. The highest BCUT2D eigenvalue weighted by Crippen LogP contribution is 1.64. The highest BCUT2D eigenvalue weighted by molar-refractivity contribution is 4.71. The van der Waals surface area contributed by atoms with Crippen LogP contribution in [0.4, 0.5) is 0 Å². The average Bonchev–Trinajstić information content (AvgIpc) is 1.72. The molecule has 2 heteroatoms. The van der Waals surface area contributed by atoms with Crippen LogP contribution in [0.15, 0.2) is 18.7 Å². The molecule has 0 N–H and O–H groups in total. The molecule has 0 aliphatic rings. The number of hydrogen-bond donors (Lipinski definition) is 0. The van der Waals surface area contributed by atoms with Crippen molar-refractivity contribution in [3.63, 3.8) is 0 Å². The Bertz CT molecular complexity index is 77.5. The molecule has 0 saturated carbocycles. The fraction of sp³-hybridized carbons (Fsp3) is 0. The van der Waals surface area contributed by atoms with Crippen molar-refractivity contribution in [2.24, 2.45) is 0 Å². The van der Waals surface area contributed by atoms with Crippen LogP contribution in [0.2, 0.25) is 0 Å². The second-order valence-electron chi connectivity index (χ2n) is 0.838. The van der Waals surface area contributed by atoms with Crippen LogP contribution < -0.4 is 0 Å². The zero-order valence-corrected chi connectivity index (χ0v) is 3.13. The van der Waals surface area contributed by atoms with Gasteiger partial charge in [0.1, 0.15) is 6.33 Å². The van der Waals surface area contributed by atoms with E-state index in [0.29, 0.717) is 0 Å². The maximum atomic E-state index is 3.62. The quantitative estimate of drug-likeness (QED) is 0.417. The minimum Gasteiger partial charge on any atom is -0.434 e. The lowest BCUT2D eigenvalue weighted by atomic mass is 10.7. The van der Waals surface area contributed by atoms with Gasteiger partial charge < -0.3 is 6.07 Å². The van der Waals surface area contributed by atoms with Crippen LogP contribution in [0, 0.1) is 6.07 Å². The molecule has 30 valence electrons. The molecule has 0 aromatic carbocycles. The van der Waals surface area contributed by atoms with E-state index in [1.54, 1.807) is 12.4 Å². The number of nitrogens with zero attached hydrogens (tertiary/aromatic N) is 2. The molecule has 1 aromatic rings. The van der Waals surface area contributed by atoms with Crippen molar-refractivity contribution in [3.05, 3.63) is 24.8 Å². The zero-order chi connectivity index (χ0) is 4.24. The summed E-state index contributed by atoms with van der Waals surface area (Å²) in [7, 11) is 0. The Hall–Kier alpha value is -0.920. The number of rotatable bonds is 0. The molecule has 1 heterocycles. The van der Waals surface area contributed by atoms with Crippen molar-refractivity contribution in [3.8, 4) is 0 Å². The van der Waals surface area contributed by atoms with Crippen LogP contribution in [-0.4, -0.2) is 9.97 Å². The molecular formula is C4H3N2-. The first-order valence-electron chi connectivity index (χ1n) is 1.61. The summed E-state index contributed by atoms with van der Waals surface area (Å²) < 4.78 is 0. The molecule has 0 aliphatic carbocycles. The van der Waals surface area contributed by atoms with Crippen molar-refractivity contribution in [2.45, 2.75) is 0 Å². The summed E-state index contributed by atoms with van der Waals surface area (Å²) >= 11 is 0. The molecular weight excluding hydrogens is 76.1 g/mol. The Morgan fingerprint density at radius 1 is 1.17 bits per heavy atom. The van der Waals surface area contributed by atoms with Gasteiger partial charge in [0.25, 0.3) is 0 Å². The smallest absolute Gasteiger partial charge is 0.108 e. The van der Waals surface area contributed by atoms with Gasteiger partial charge in [0.2, 0.25) is 0 Å². The van der Waals surface area contributed by atoms with Crippen molar-refractivity contribution in [1.29, 1.82) is 0 Å². The topological polar surface area (TPSA) is 25.8 Å². The van der Waals surface area contributed by atoms with Crippen LogP contribution in [0.25, 0.3) is 0 Å². The van der Waals surface area contributed by atoms with Gasteiger partial charge in [-0.3, -0.25) is 9.97 Å². The third-order valence-corrected chi connectivity index (χ3v) is 0.431. The Kier molecular flexibility index (Phi) is 0.819. The molecule has 1 aromatic heterocycles. The Morgan fingerprint density at radius 3 is 2.00 bits per heavy atom. The summed E-state index contributed by atoms with van der Waals surface area (Å²) in [5.74, 6) is 0. The number of aromatic nitrogens is 2. The van der Waals surface area contributed by atoms with E-state index in [0.717, 1.165) is 0 Å². The maximum absolute atomic E-state index is 3.62. The predicted octanol–water partition coefficient (Wildman–Crippen LogP) is 0.277. The van der Waals surface area contributed by atoms with Crippen molar-refractivity contribution < 1.29 is 0 Å². The predicted molar refractivity (Wildman–Crippen MR) is 20.9 cm³/mol. The zero-order valence-electron chi connectivity index (χ0n) is 3.13. The molecule has 0 atom stereocenters. The second-order valence-corrected chi connectivity index (χ2v) is 0.838. The first kappa shape index (κ1) is 3.28. The third kappa shape index (κ3) is 0.516. The molecule has 2 nitrogen and oxygen atoms in total. The van der Waals surface area contributed by atoms with E-state index in [2.05, 4.69) is 16.0 Å². The van der Waals surface area contributed by atoms with Gasteiger partial charge in [0, 0.05) is 0 Å². The summed E-state index contributed by atoms with van der Waals surface area (Å²) in [6.07, 6.45) is 4.59. The molecule has 0 bridgehead atoms. The van der Waals surface area contributed by atoms with E-state index in [-0.39, 0.29) is 0 Å². The molecule has 0 saturated heterocycles. The lowest BCUT2D eigenvalue weighted by Gasteiger charge is -1.85. The van der Waals surface area contributed by atoms with Crippen LogP contribution in [-0.2, 0) is 0 Å². The average molecular weight is 79.1 g/mol. The molecule has 0 amide bonds. The fourth-order valence-electron chi connectivity index (χ4n) is 0.225. The first-order valence-corrected chi connectivity index (χ1v) is 1.61. The van der Waals surface area contributed by atoms with Crippen LogP contribution in [0.5, 0.6) is 0 Å². The van der Waals surface area contributed by atoms with E-state index < -0.39 is 0 Å². The molecule has 0 aliphatic heterocycles. The third-order valence-electron chi connectivity index (χ3n) is 0.431. The monoisotopic (exact) mass is 79.0 g/mol. The van der Waals surface area contributed by atoms with Gasteiger partial charge in [-0.1, -0.05) is 0 Å². The fourth-order valence-corrected chi connectivity index (χ4v) is 0.225. The first-order chi connectivity index (χ1) is 3.00. The normalized spacial score (nSPS) is 8.00. The standard InChI is InChI=1S/C4H3N2/c1-2-5-4-6-3-1/h2-4H/q-1. The summed E-state index contributed by atoms with van der Waals surface area (Å²) in [5.41, 5.74) is 0. The second kappa shape index (κ2) is 1.50. The van der Waals surface area contributed by atoms with E-state index in [1.165, 1.54) is 6.33 Å². The van der Waals surface area contributed by atoms with Crippen molar-refractivity contribution >= 4 is 0 Å². The van der Waals surface area contributed by atoms with Gasteiger partial charge in [0.05, 0.1) is 0 Å². The summed E-state index contributed by atoms with van der Waals surface area (Å²) in [6.45, 7) is 0. The van der Waals surface area contributed by atoms with Crippen LogP contribution in [0.3, 0.4) is 0 Å². The Labute approximate surface area is 35.9 Å². The SMILES string of the molecule is [c-]1cncnc1. The summed E-state index contributed by atoms with van der Waals surface area (Å²) in [6, 6.07) is 2.67. The van der Waals surface area contributed by atoms with Crippen LogP contribution in [0.1, 0.15) is 0 Å². The highest BCUT2D eigenvalue weighted by Gasteiger charge is 1.46. The van der Waals surface area contributed by atoms with E-state index in [4.69, 9.17) is 0 Å².